The van der Waals surface area contributed by atoms with Gasteiger partial charge in [-0.05, 0) is 57.9 Å². The van der Waals surface area contributed by atoms with E-state index < -0.39 is 17.0 Å². The van der Waals surface area contributed by atoms with Crippen molar-refractivity contribution in [1.82, 2.24) is 4.90 Å². The first-order valence-corrected chi connectivity index (χ1v) is 12.6. The third kappa shape index (κ3) is 5.19. The predicted molar refractivity (Wildman–Crippen MR) is 144 cm³/mol. The number of methoxy groups -OCH3 is 1. The zero-order valence-corrected chi connectivity index (χ0v) is 21.3. The number of imide groups is 1. The first-order chi connectivity index (χ1) is 17.9. The van der Waals surface area contributed by atoms with Gasteiger partial charge < -0.3 is 9.47 Å². The Kier molecular flexibility index (Phi) is 7.17. The molecule has 1 heterocycles. The number of ether oxygens (including phenoxy) is 2. The van der Waals surface area contributed by atoms with Gasteiger partial charge in [-0.25, -0.2) is 4.39 Å². The summed E-state index contributed by atoms with van der Waals surface area (Å²) in [5.41, 5.74) is 1.84. The van der Waals surface area contributed by atoms with Crippen molar-refractivity contribution in [3.05, 3.63) is 111 Å². The molecule has 0 bridgehead atoms. The van der Waals surface area contributed by atoms with Crippen molar-refractivity contribution in [3.63, 3.8) is 0 Å². The Morgan fingerprint density at radius 2 is 1.70 bits per heavy atom. The zero-order valence-electron chi connectivity index (χ0n) is 19.7. The molecule has 1 aliphatic rings. The summed E-state index contributed by atoms with van der Waals surface area (Å²) in [5.74, 6) is -0.197. The van der Waals surface area contributed by atoms with Crippen LogP contribution in [0.5, 0.6) is 11.5 Å². The quantitative estimate of drug-likeness (QED) is 0.231. The molecule has 2 amide bonds. The van der Waals surface area contributed by atoms with Crippen LogP contribution in [-0.2, 0) is 17.9 Å². The lowest BCUT2D eigenvalue weighted by Gasteiger charge is -2.15. The fourth-order valence-electron chi connectivity index (χ4n) is 4.12. The molecule has 37 heavy (non-hydrogen) atoms. The standard InChI is InChI=1S/C29H21ClFNO4S/c1-35-25-14-18(15-26-28(33)32(29(34)37-26)16-20-8-3-5-12-24(20)31)13-23(30)27(25)36-17-21-10-6-9-19-7-2-4-11-22(19)21/h2-15H,16-17H2,1H3/b26-15-. The molecule has 0 aromatic heterocycles. The summed E-state index contributed by atoms with van der Waals surface area (Å²) in [4.78, 5) is 26.6. The van der Waals surface area contributed by atoms with E-state index in [9.17, 15) is 14.0 Å². The molecule has 0 spiro atoms. The Balaban J connectivity index is 1.37. The van der Waals surface area contributed by atoms with Gasteiger partial charge in [-0.1, -0.05) is 72.3 Å². The van der Waals surface area contributed by atoms with Gasteiger partial charge in [-0.3, -0.25) is 14.5 Å². The molecule has 1 fully saturated rings. The van der Waals surface area contributed by atoms with E-state index in [2.05, 4.69) is 0 Å². The van der Waals surface area contributed by atoms with Crippen molar-refractivity contribution in [2.45, 2.75) is 13.2 Å². The minimum atomic E-state index is -0.496. The van der Waals surface area contributed by atoms with E-state index in [-0.39, 0.29) is 23.6 Å². The second-order valence-electron chi connectivity index (χ2n) is 8.32. The van der Waals surface area contributed by atoms with Crippen molar-refractivity contribution in [1.29, 1.82) is 0 Å². The molecule has 0 N–H and O–H groups in total. The highest BCUT2D eigenvalue weighted by Crippen LogP contribution is 2.40. The minimum absolute atomic E-state index is 0.139. The summed E-state index contributed by atoms with van der Waals surface area (Å²) in [6, 6.07) is 23.4. The van der Waals surface area contributed by atoms with Gasteiger partial charge in [0.2, 0.25) is 0 Å². The number of benzene rings is 4. The SMILES string of the molecule is COc1cc(/C=C2\SC(=O)N(Cc3ccccc3F)C2=O)cc(Cl)c1OCc1cccc2ccccc12. The Morgan fingerprint density at radius 3 is 2.51 bits per heavy atom. The minimum Gasteiger partial charge on any atom is -0.493 e. The average molecular weight is 534 g/mol. The molecule has 0 radical (unpaired) electrons. The van der Waals surface area contributed by atoms with Gasteiger partial charge in [-0.2, -0.15) is 0 Å². The summed E-state index contributed by atoms with van der Waals surface area (Å²) in [5, 5.41) is 2.04. The van der Waals surface area contributed by atoms with Gasteiger partial charge in [0.15, 0.2) is 11.5 Å². The number of amides is 2. The Bertz CT molecular complexity index is 1550. The first-order valence-electron chi connectivity index (χ1n) is 11.4. The van der Waals surface area contributed by atoms with E-state index >= 15 is 0 Å². The highest BCUT2D eigenvalue weighted by atomic mass is 35.5. The van der Waals surface area contributed by atoms with Crippen LogP contribution >= 0.6 is 23.4 Å². The second kappa shape index (κ2) is 10.7. The first kappa shape index (κ1) is 24.9. The number of carbonyl (C=O) groups is 2. The maximum absolute atomic E-state index is 14.0. The maximum atomic E-state index is 14.0. The number of hydrogen-bond acceptors (Lipinski definition) is 5. The van der Waals surface area contributed by atoms with E-state index in [1.807, 2.05) is 42.5 Å². The van der Waals surface area contributed by atoms with Gasteiger partial charge in [-0.15, -0.1) is 0 Å². The van der Waals surface area contributed by atoms with Crippen molar-refractivity contribution in [2.24, 2.45) is 0 Å². The van der Waals surface area contributed by atoms with Crippen LogP contribution in [0, 0.1) is 5.82 Å². The molecule has 8 heteroatoms. The summed E-state index contributed by atoms with van der Waals surface area (Å²) in [6.07, 6.45) is 1.56. The topological polar surface area (TPSA) is 55.8 Å². The number of carbonyl (C=O) groups excluding carboxylic acids is 2. The smallest absolute Gasteiger partial charge is 0.293 e. The number of halogens is 2. The summed E-state index contributed by atoms with van der Waals surface area (Å²) < 4.78 is 25.6. The molecule has 1 aliphatic heterocycles. The monoisotopic (exact) mass is 533 g/mol. The van der Waals surface area contributed by atoms with Crippen LogP contribution in [0.4, 0.5) is 9.18 Å². The number of thioether (sulfide) groups is 1. The largest absolute Gasteiger partial charge is 0.493 e. The van der Waals surface area contributed by atoms with E-state index in [0.717, 1.165) is 33.0 Å². The molecule has 4 aromatic carbocycles. The normalized spacial score (nSPS) is 14.6. The van der Waals surface area contributed by atoms with Crippen LogP contribution in [0.15, 0.2) is 83.8 Å². The summed E-state index contributed by atoms with van der Waals surface area (Å²) in [6.45, 7) is 0.144. The maximum Gasteiger partial charge on any atom is 0.293 e. The number of nitrogens with zero attached hydrogens (tertiary/aromatic N) is 1. The van der Waals surface area contributed by atoms with Crippen LogP contribution < -0.4 is 9.47 Å². The van der Waals surface area contributed by atoms with Crippen LogP contribution in [-0.4, -0.2) is 23.2 Å². The highest BCUT2D eigenvalue weighted by Gasteiger charge is 2.35. The predicted octanol–water partition coefficient (Wildman–Crippen LogP) is 7.46. The lowest BCUT2D eigenvalue weighted by Crippen LogP contribution is -2.27. The Hall–Kier alpha value is -3.81. The van der Waals surface area contributed by atoms with Crippen molar-refractivity contribution >= 4 is 51.4 Å². The lowest BCUT2D eigenvalue weighted by atomic mass is 10.1. The molecular weight excluding hydrogens is 513 g/mol. The van der Waals surface area contributed by atoms with Crippen LogP contribution in [0.2, 0.25) is 5.02 Å². The van der Waals surface area contributed by atoms with Crippen LogP contribution in [0.25, 0.3) is 16.8 Å². The Morgan fingerprint density at radius 1 is 0.973 bits per heavy atom. The number of rotatable bonds is 7. The van der Waals surface area contributed by atoms with Crippen molar-refractivity contribution in [2.75, 3.05) is 7.11 Å². The number of hydrogen-bond donors (Lipinski definition) is 0. The molecule has 4 aromatic rings. The molecule has 5 nitrogen and oxygen atoms in total. The van der Waals surface area contributed by atoms with E-state index in [0.29, 0.717) is 22.1 Å². The van der Waals surface area contributed by atoms with E-state index in [1.165, 1.54) is 13.2 Å². The van der Waals surface area contributed by atoms with Gasteiger partial charge in [0.25, 0.3) is 11.1 Å². The van der Waals surface area contributed by atoms with Gasteiger partial charge in [0.05, 0.1) is 23.6 Å². The fraction of sp³-hybridized carbons (Fsp3) is 0.103. The highest BCUT2D eigenvalue weighted by molar-refractivity contribution is 8.18. The fourth-order valence-corrected chi connectivity index (χ4v) is 5.23. The van der Waals surface area contributed by atoms with Crippen LogP contribution in [0.1, 0.15) is 16.7 Å². The Labute approximate surface area is 222 Å². The lowest BCUT2D eigenvalue weighted by molar-refractivity contribution is -0.123. The van der Waals surface area contributed by atoms with E-state index in [4.69, 9.17) is 21.1 Å². The summed E-state index contributed by atoms with van der Waals surface area (Å²) in [7, 11) is 1.50. The number of fused-ring (bicyclic) bond motifs is 1. The third-order valence-electron chi connectivity index (χ3n) is 5.96. The summed E-state index contributed by atoms with van der Waals surface area (Å²) >= 11 is 7.35. The van der Waals surface area contributed by atoms with Crippen molar-refractivity contribution in [3.8, 4) is 11.5 Å². The molecule has 0 atom stereocenters. The zero-order chi connectivity index (χ0) is 25.9. The van der Waals surface area contributed by atoms with Gasteiger partial charge in [0, 0.05) is 5.56 Å². The van der Waals surface area contributed by atoms with Gasteiger partial charge >= 0.3 is 0 Å². The molecule has 0 unspecified atom stereocenters. The molecule has 186 valence electrons. The molecule has 0 saturated carbocycles. The molecule has 1 saturated heterocycles. The molecule has 5 rings (SSSR count). The molecule has 0 aliphatic carbocycles. The van der Waals surface area contributed by atoms with Crippen molar-refractivity contribution < 1.29 is 23.5 Å². The third-order valence-corrected chi connectivity index (χ3v) is 7.15. The van der Waals surface area contributed by atoms with Gasteiger partial charge in [0.1, 0.15) is 12.4 Å². The molecular formula is C29H21ClFNO4S. The van der Waals surface area contributed by atoms with E-state index in [1.54, 1.807) is 36.4 Å². The average Bonchev–Trinajstić information content (AvgIpc) is 3.16. The second-order valence-corrected chi connectivity index (χ2v) is 9.72. The van der Waals surface area contributed by atoms with Crippen LogP contribution in [0.3, 0.4) is 0 Å².